The second-order valence-corrected chi connectivity index (χ2v) is 6.80. The van der Waals surface area contributed by atoms with Gasteiger partial charge in [-0.05, 0) is 11.1 Å². The smallest absolute Gasteiger partial charge is 0.543 e. The Morgan fingerprint density at radius 2 is 2.04 bits per heavy atom. The SMILES string of the molecule is N#CCC1=C(C(=O)[O-])N2C(=O)C(NC(=O)Cc3ccccc3)C2SC1.[Na+]. The van der Waals surface area contributed by atoms with Crippen LogP contribution in [-0.4, -0.2) is 39.9 Å². The summed E-state index contributed by atoms with van der Waals surface area (Å²) in [5, 5.41) is 22.4. The van der Waals surface area contributed by atoms with Gasteiger partial charge in [0.15, 0.2) is 0 Å². The fourth-order valence-corrected chi connectivity index (χ4v) is 4.25. The number of aliphatic carboxylic acids is 1. The normalized spacial score (nSPS) is 21.0. The monoisotopic (exact) mass is 379 g/mol. The molecule has 3 rings (SSSR count). The van der Waals surface area contributed by atoms with E-state index in [1.54, 1.807) is 0 Å². The van der Waals surface area contributed by atoms with Crippen molar-refractivity contribution in [2.24, 2.45) is 0 Å². The van der Waals surface area contributed by atoms with Crippen molar-refractivity contribution in [3.8, 4) is 6.07 Å². The van der Waals surface area contributed by atoms with Crippen molar-refractivity contribution in [1.29, 1.82) is 5.26 Å². The third-order valence-corrected chi connectivity index (χ3v) is 5.40. The Kier molecular flexibility index (Phi) is 6.89. The van der Waals surface area contributed by atoms with Gasteiger partial charge in [0.1, 0.15) is 11.4 Å². The van der Waals surface area contributed by atoms with Gasteiger partial charge in [0.2, 0.25) is 5.91 Å². The molecule has 1 saturated heterocycles. The molecule has 0 spiro atoms. The van der Waals surface area contributed by atoms with Gasteiger partial charge in [-0.25, -0.2) is 0 Å². The van der Waals surface area contributed by atoms with Crippen molar-refractivity contribution < 1.29 is 49.0 Å². The van der Waals surface area contributed by atoms with E-state index in [4.69, 9.17) is 5.26 Å². The Morgan fingerprint density at radius 1 is 1.35 bits per heavy atom. The average molecular weight is 379 g/mol. The minimum atomic E-state index is -1.47. The summed E-state index contributed by atoms with van der Waals surface area (Å²) in [5.41, 5.74) is 0.960. The first kappa shape index (κ1) is 20.5. The van der Waals surface area contributed by atoms with Crippen molar-refractivity contribution in [2.45, 2.75) is 24.3 Å². The zero-order chi connectivity index (χ0) is 18.0. The molecule has 2 aliphatic rings. The van der Waals surface area contributed by atoms with Gasteiger partial charge in [-0.3, -0.25) is 14.5 Å². The number of hydrogen-bond donors (Lipinski definition) is 1. The second kappa shape index (κ2) is 8.73. The molecule has 1 fully saturated rings. The molecule has 26 heavy (non-hydrogen) atoms. The van der Waals surface area contributed by atoms with Crippen LogP contribution in [0.3, 0.4) is 0 Å². The van der Waals surface area contributed by atoms with Gasteiger partial charge >= 0.3 is 29.6 Å². The van der Waals surface area contributed by atoms with Crippen molar-refractivity contribution in [3.05, 3.63) is 47.2 Å². The van der Waals surface area contributed by atoms with Gasteiger partial charge in [-0.15, -0.1) is 11.8 Å². The number of carbonyl (C=O) groups is 3. The number of nitrogens with one attached hydrogen (secondary N) is 1. The minimum Gasteiger partial charge on any atom is -0.543 e. The van der Waals surface area contributed by atoms with Gasteiger partial charge in [0.25, 0.3) is 5.91 Å². The van der Waals surface area contributed by atoms with E-state index in [0.29, 0.717) is 11.3 Å². The van der Waals surface area contributed by atoms with Gasteiger partial charge in [-0.2, -0.15) is 5.26 Å². The third kappa shape index (κ3) is 3.96. The molecule has 1 aromatic carbocycles. The van der Waals surface area contributed by atoms with E-state index in [1.807, 2.05) is 36.4 Å². The van der Waals surface area contributed by atoms with E-state index >= 15 is 0 Å². The molecule has 0 aliphatic carbocycles. The number of amides is 2. The van der Waals surface area contributed by atoms with Gasteiger partial charge in [-0.1, -0.05) is 30.3 Å². The number of benzene rings is 1. The van der Waals surface area contributed by atoms with Gasteiger partial charge in [0, 0.05) is 5.75 Å². The number of carbonyl (C=O) groups excluding carboxylic acids is 3. The topological polar surface area (TPSA) is 113 Å². The Bertz CT molecular complexity index is 806. The maximum absolute atomic E-state index is 12.3. The molecule has 2 aliphatic heterocycles. The zero-order valence-electron chi connectivity index (χ0n) is 14.1. The average Bonchev–Trinajstić information content (AvgIpc) is 2.60. The predicted molar refractivity (Wildman–Crippen MR) is 87.4 cm³/mol. The number of β-lactam (4-membered cyclic amide) rings is 1. The molecule has 2 atom stereocenters. The van der Waals surface area contributed by atoms with Crippen LogP contribution in [0, 0.1) is 11.3 Å². The Hall–Kier alpha value is -1.79. The molecular formula is C17H14N3NaO4S. The summed E-state index contributed by atoms with van der Waals surface area (Å²) < 4.78 is 0. The molecule has 9 heteroatoms. The van der Waals surface area contributed by atoms with E-state index in [1.165, 1.54) is 11.8 Å². The van der Waals surface area contributed by atoms with Crippen LogP contribution in [0.25, 0.3) is 0 Å². The minimum absolute atomic E-state index is 0. The number of carboxylic acids is 1. The molecule has 1 aromatic rings. The van der Waals surface area contributed by atoms with Crippen LogP contribution < -0.4 is 40.0 Å². The predicted octanol–water partition coefficient (Wildman–Crippen LogP) is -3.45. The summed E-state index contributed by atoms with van der Waals surface area (Å²) in [5.74, 6) is -1.95. The first-order chi connectivity index (χ1) is 12.0. The Morgan fingerprint density at radius 3 is 2.65 bits per heavy atom. The molecular weight excluding hydrogens is 365 g/mol. The van der Waals surface area contributed by atoms with E-state index < -0.39 is 23.3 Å². The van der Waals surface area contributed by atoms with E-state index in [0.717, 1.165) is 10.5 Å². The maximum Gasteiger partial charge on any atom is 1.00 e. The van der Waals surface area contributed by atoms with E-state index in [2.05, 4.69) is 5.32 Å². The number of thioether (sulfide) groups is 1. The van der Waals surface area contributed by atoms with Crippen LogP contribution >= 0.6 is 11.8 Å². The summed E-state index contributed by atoms with van der Waals surface area (Å²) >= 11 is 1.33. The van der Waals surface area contributed by atoms with Crippen LogP contribution in [0.2, 0.25) is 0 Å². The molecule has 1 N–H and O–H groups in total. The van der Waals surface area contributed by atoms with E-state index in [9.17, 15) is 19.5 Å². The molecule has 7 nitrogen and oxygen atoms in total. The largest absolute Gasteiger partial charge is 1.00 e. The standard InChI is InChI=1S/C17H15N3O4S.Na/c18-7-6-11-9-25-16-13(15(22)20(16)14(11)17(23)24)19-12(21)8-10-4-2-1-3-5-10;/h1-5,13,16H,6,8-9H2,(H,19,21)(H,23,24);/q;+1/p-1. The molecule has 2 amide bonds. The van der Waals surface area contributed by atoms with Crippen molar-refractivity contribution in [2.75, 3.05) is 5.75 Å². The van der Waals surface area contributed by atoms with E-state index in [-0.39, 0.29) is 54.0 Å². The fourth-order valence-electron chi connectivity index (χ4n) is 2.91. The Labute approximate surface area is 176 Å². The van der Waals surface area contributed by atoms with Crippen LogP contribution in [-0.2, 0) is 20.8 Å². The third-order valence-electron chi connectivity index (χ3n) is 4.06. The summed E-state index contributed by atoms with van der Waals surface area (Å²) in [6.07, 6.45) is 0.0721. The van der Waals surface area contributed by atoms with Crippen LogP contribution in [0.4, 0.5) is 0 Å². The number of carboxylic acid groups (broad SMARTS) is 1. The summed E-state index contributed by atoms with van der Waals surface area (Å²) in [6.45, 7) is 0. The number of fused-ring (bicyclic) bond motifs is 1. The van der Waals surface area contributed by atoms with Crippen LogP contribution in [0.5, 0.6) is 0 Å². The molecule has 2 unspecified atom stereocenters. The summed E-state index contributed by atoms with van der Waals surface area (Å²) in [6, 6.07) is 10.3. The first-order valence-electron chi connectivity index (χ1n) is 7.61. The van der Waals surface area contributed by atoms with Crippen LogP contribution in [0.1, 0.15) is 12.0 Å². The van der Waals surface area contributed by atoms with Crippen molar-refractivity contribution >= 4 is 29.5 Å². The van der Waals surface area contributed by atoms with Gasteiger partial charge in [0.05, 0.1) is 30.6 Å². The number of rotatable bonds is 5. The molecule has 0 aromatic heterocycles. The molecule has 2 heterocycles. The first-order valence-corrected chi connectivity index (χ1v) is 8.66. The Balaban J connectivity index is 0.00000243. The fraction of sp³-hybridized carbons (Fsp3) is 0.294. The maximum atomic E-state index is 12.3. The number of nitriles is 1. The second-order valence-electron chi connectivity index (χ2n) is 5.69. The number of hydrogen-bond acceptors (Lipinski definition) is 6. The van der Waals surface area contributed by atoms with Crippen molar-refractivity contribution in [1.82, 2.24) is 10.2 Å². The summed E-state index contributed by atoms with van der Waals surface area (Å²) in [7, 11) is 0. The molecule has 0 saturated carbocycles. The number of nitrogens with zero attached hydrogens (tertiary/aromatic N) is 2. The molecule has 0 bridgehead atoms. The quantitative estimate of drug-likeness (QED) is 0.421. The molecule has 0 radical (unpaired) electrons. The van der Waals surface area contributed by atoms with Crippen LogP contribution in [0.15, 0.2) is 41.6 Å². The zero-order valence-corrected chi connectivity index (χ0v) is 16.9. The van der Waals surface area contributed by atoms with Gasteiger partial charge < -0.3 is 15.2 Å². The van der Waals surface area contributed by atoms with Crippen molar-refractivity contribution in [3.63, 3.8) is 0 Å². The molecule has 128 valence electrons. The summed E-state index contributed by atoms with van der Waals surface area (Å²) in [4.78, 5) is 37.0.